The summed E-state index contributed by atoms with van der Waals surface area (Å²) in [4.78, 5) is 0. The number of hydrogen-bond acceptors (Lipinski definition) is 3. The molecule has 0 aliphatic heterocycles. The number of hydrogen-bond donors (Lipinski definition) is 1. The lowest BCUT2D eigenvalue weighted by Crippen LogP contribution is -2.03. The Morgan fingerprint density at radius 2 is 1.86 bits per heavy atom. The van der Waals surface area contributed by atoms with Crippen LogP contribution in [0.5, 0.6) is 0 Å². The Bertz CT molecular complexity index is 827. The Labute approximate surface area is 134 Å². The molecule has 0 bridgehead atoms. The van der Waals surface area contributed by atoms with E-state index in [1.807, 2.05) is 43.3 Å². The van der Waals surface area contributed by atoms with Gasteiger partial charge in [-0.25, -0.2) is 4.68 Å². The Balaban J connectivity index is 2.29. The van der Waals surface area contributed by atoms with Gasteiger partial charge < -0.3 is 5.11 Å². The lowest BCUT2D eigenvalue weighted by atomic mass is 10.1. The molecule has 0 spiro atoms. The summed E-state index contributed by atoms with van der Waals surface area (Å²) in [5, 5.41) is 18.5. The Kier molecular flexibility index (Phi) is 3.96. The van der Waals surface area contributed by atoms with Crippen molar-refractivity contribution in [3.63, 3.8) is 0 Å². The van der Waals surface area contributed by atoms with E-state index >= 15 is 0 Å². The molecular weight excluding hydrogens is 298 g/mol. The van der Waals surface area contributed by atoms with E-state index in [-0.39, 0.29) is 6.61 Å². The van der Waals surface area contributed by atoms with Crippen molar-refractivity contribution in [1.29, 1.82) is 0 Å². The van der Waals surface area contributed by atoms with E-state index in [2.05, 4.69) is 23.3 Å². The molecule has 1 N–H and O–H groups in total. The van der Waals surface area contributed by atoms with E-state index < -0.39 is 0 Å². The normalized spacial score (nSPS) is 10.9. The van der Waals surface area contributed by atoms with Crippen molar-refractivity contribution >= 4 is 11.6 Å². The molecule has 0 amide bonds. The standard InChI is InChI=1S/C17H16ClN3O/c1-11-6-5-9-16(12(11)2)21-17(15(10-22)19-20-21)13-7-3-4-8-14(13)18/h3-9,22H,10H2,1-2H3. The lowest BCUT2D eigenvalue weighted by molar-refractivity contribution is 0.277. The monoisotopic (exact) mass is 313 g/mol. The van der Waals surface area contributed by atoms with Gasteiger partial charge in [0.15, 0.2) is 0 Å². The fourth-order valence-corrected chi connectivity index (χ4v) is 2.70. The van der Waals surface area contributed by atoms with Gasteiger partial charge in [-0.1, -0.05) is 47.1 Å². The van der Waals surface area contributed by atoms with E-state index in [4.69, 9.17) is 11.6 Å². The van der Waals surface area contributed by atoms with Crippen LogP contribution >= 0.6 is 11.6 Å². The minimum absolute atomic E-state index is 0.189. The van der Waals surface area contributed by atoms with Crippen LogP contribution in [0.2, 0.25) is 5.02 Å². The van der Waals surface area contributed by atoms with Gasteiger partial charge in [-0.05, 0) is 37.1 Å². The third-order valence-electron chi connectivity index (χ3n) is 3.82. The molecule has 0 aliphatic rings. The van der Waals surface area contributed by atoms with Crippen molar-refractivity contribution < 1.29 is 5.11 Å². The molecule has 0 radical (unpaired) electrons. The molecule has 112 valence electrons. The fraction of sp³-hybridized carbons (Fsp3) is 0.176. The Morgan fingerprint density at radius 1 is 1.09 bits per heavy atom. The van der Waals surface area contributed by atoms with Gasteiger partial charge in [-0.2, -0.15) is 0 Å². The number of nitrogens with zero attached hydrogens (tertiary/aromatic N) is 3. The molecule has 1 aromatic heterocycles. The quantitative estimate of drug-likeness (QED) is 0.802. The maximum absolute atomic E-state index is 9.60. The van der Waals surface area contributed by atoms with Gasteiger partial charge >= 0.3 is 0 Å². The van der Waals surface area contributed by atoms with E-state index in [1.165, 1.54) is 5.56 Å². The van der Waals surface area contributed by atoms with Crippen LogP contribution in [0.25, 0.3) is 16.9 Å². The summed E-state index contributed by atoms with van der Waals surface area (Å²) in [6.07, 6.45) is 0. The van der Waals surface area contributed by atoms with Gasteiger partial charge in [0.1, 0.15) is 11.4 Å². The highest BCUT2D eigenvalue weighted by atomic mass is 35.5. The van der Waals surface area contributed by atoms with Crippen LogP contribution in [0.3, 0.4) is 0 Å². The lowest BCUT2D eigenvalue weighted by Gasteiger charge is -2.12. The third-order valence-corrected chi connectivity index (χ3v) is 4.15. The third kappa shape index (κ3) is 2.40. The number of halogens is 1. The minimum Gasteiger partial charge on any atom is -0.390 e. The molecule has 1 heterocycles. The van der Waals surface area contributed by atoms with Gasteiger partial charge in [0.2, 0.25) is 0 Å². The molecule has 3 aromatic rings. The molecule has 3 rings (SSSR count). The van der Waals surface area contributed by atoms with Gasteiger partial charge in [0, 0.05) is 5.56 Å². The van der Waals surface area contributed by atoms with Crippen LogP contribution in [-0.2, 0) is 6.61 Å². The molecule has 0 atom stereocenters. The molecule has 22 heavy (non-hydrogen) atoms. The SMILES string of the molecule is Cc1cccc(-n2nnc(CO)c2-c2ccccc2Cl)c1C. The second kappa shape index (κ2) is 5.91. The zero-order valence-electron chi connectivity index (χ0n) is 12.4. The summed E-state index contributed by atoms with van der Waals surface area (Å²) in [5.74, 6) is 0. The average Bonchev–Trinajstić information content (AvgIpc) is 2.94. The van der Waals surface area contributed by atoms with Crippen LogP contribution in [-0.4, -0.2) is 20.1 Å². The van der Waals surface area contributed by atoms with Crippen molar-refractivity contribution in [2.75, 3.05) is 0 Å². The fourth-order valence-electron chi connectivity index (χ4n) is 2.48. The van der Waals surface area contributed by atoms with Crippen LogP contribution in [0.15, 0.2) is 42.5 Å². The molecule has 0 fully saturated rings. The summed E-state index contributed by atoms with van der Waals surface area (Å²) in [7, 11) is 0. The largest absolute Gasteiger partial charge is 0.390 e. The van der Waals surface area contributed by atoms with Crippen molar-refractivity contribution in [2.24, 2.45) is 0 Å². The first-order valence-corrected chi connectivity index (χ1v) is 7.38. The first kappa shape index (κ1) is 14.8. The summed E-state index contributed by atoms with van der Waals surface area (Å²) in [5.41, 5.74) is 5.26. The van der Waals surface area contributed by atoms with E-state index in [9.17, 15) is 5.11 Å². The maximum Gasteiger partial charge on any atom is 0.117 e. The number of rotatable bonds is 3. The first-order valence-electron chi connectivity index (χ1n) is 7.00. The number of aryl methyl sites for hydroxylation is 1. The topological polar surface area (TPSA) is 50.9 Å². The number of benzene rings is 2. The summed E-state index contributed by atoms with van der Waals surface area (Å²) in [6.45, 7) is 3.91. The molecule has 0 saturated heterocycles. The van der Waals surface area contributed by atoms with Gasteiger partial charge in [0.25, 0.3) is 0 Å². The number of aliphatic hydroxyl groups is 1. The molecule has 5 heteroatoms. The van der Waals surface area contributed by atoms with Gasteiger partial charge in [-0.3, -0.25) is 0 Å². The zero-order chi connectivity index (χ0) is 15.7. The number of aliphatic hydroxyl groups excluding tert-OH is 1. The molecule has 4 nitrogen and oxygen atoms in total. The molecule has 2 aromatic carbocycles. The van der Waals surface area contributed by atoms with E-state index in [0.29, 0.717) is 10.7 Å². The smallest absolute Gasteiger partial charge is 0.117 e. The van der Waals surface area contributed by atoms with Crippen LogP contribution in [0, 0.1) is 13.8 Å². The highest BCUT2D eigenvalue weighted by Gasteiger charge is 2.19. The highest BCUT2D eigenvalue weighted by Crippen LogP contribution is 2.32. The van der Waals surface area contributed by atoms with Crippen molar-refractivity contribution in [1.82, 2.24) is 15.0 Å². The summed E-state index contributed by atoms with van der Waals surface area (Å²) in [6, 6.07) is 13.5. The van der Waals surface area contributed by atoms with E-state index in [0.717, 1.165) is 22.5 Å². The van der Waals surface area contributed by atoms with Crippen molar-refractivity contribution in [3.05, 3.63) is 64.3 Å². The highest BCUT2D eigenvalue weighted by molar-refractivity contribution is 6.33. The second-order valence-electron chi connectivity index (χ2n) is 5.15. The zero-order valence-corrected chi connectivity index (χ0v) is 13.2. The predicted octanol–water partition coefficient (Wildman–Crippen LogP) is 3.70. The second-order valence-corrected chi connectivity index (χ2v) is 5.56. The average molecular weight is 314 g/mol. The van der Waals surface area contributed by atoms with Crippen LogP contribution in [0.1, 0.15) is 16.8 Å². The first-order chi connectivity index (χ1) is 10.6. The molecule has 0 saturated carbocycles. The molecule has 0 unspecified atom stereocenters. The van der Waals surface area contributed by atoms with Crippen molar-refractivity contribution in [2.45, 2.75) is 20.5 Å². The van der Waals surface area contributed by atoms with Crippen molar-refractivity contribution in [3.8, 4) is 16.9 Å². The molecular formula is C17H16ClN3O. The minimum atomic E-state index is -0.189. The Hall–Kier alpha value is -2.17. The van der Waals surface area contributed by atoms with Gasteiger partial charge in [0.05, 0.1) is 17.3 Å². The summed E-state index contributed by atoms with van der Waals surface area (Å²) >= 11 is 6.32. The number of aromatic nitrogens is 3. The summed E-state index contributed by atoms with van der Waals surface area (Å²) < 4.78 is 1.75. The Morgan fingerprint density at radius 3 is 2.59 bits per heavy atom. The van der Waals surface area contributed by atoms with Crippen LogP contribution in [0.4, 0.5) is 0 Å². The maximum atomic E-state index is 9.60. The molecule has 0 aliphatic carbocycles. The predicted molar refractivity (Wildman–Crippen MR) is 87.2 cm³/mol. The van der Waals surface area contributed by atoms with Gasteiger partial charge in [-0.15, -0.1) is 5.10 Å². The van der Waals surface area contributed by atoms with Crippen LogP contribution < -0.4 is 0 Å². The van der Waals surface area contributed by atoms with E-state index in [1.54, 1.807) is 4.68 Å².